The van der Waals surface area contributed by atoms with Crippen molar-refractivity contribution in [2.75, 3.05) is 7.05 Å². The van der Waals surface area contributed by atoms with Gasteiger partial charge < -0.3 is 5.32 Å². The Balaban J connectivity index is 0.000000640. The van der Waals surface area contributed by atoms with Crippen LogP contribution in [0.25, 0.3) is 0 Å². The van der Waals surface area contributed by atoms with Crippen molar-refractivity contribution in [1.82, 2.24) is 5.32 Å². The fourth-order valence-corrected chi connectivity index (χ4v) is 1.30. The zero-order valence-electron chi connectivity index (χ0n) is 4.85. The van der Waals surface area contributed by atoms with E-state index in [4.69, 9.17) is 0 Å². The Morgan fingerprint density at radius 3 is 3.25 bits per heavy atom. The summed E-state index contributed by atoms with van der Waals surface area (Å²) in [5, 5.41) is 5.17. The van der Waals surface area contributed by atoms with E-state index >= 15 is 0 Å². The summed E-state index contributed by atoms with van der Waals surface area (Å²) < 4.78 is 0. The van der Waals surface area contributed by atoms with Crippen molar-refractivity contribution in [2.24, 2.45) is 0 Å². The summed E-state index contributed by atoms with van der Waals surface area (Å²) in [5.41, 5.74) is 0. The summed E-state index contributed by atoms with van der Waals surface area (Å²) in [7, 11) is 1.96. The van der Waals surface area contributed by atoms with Gasteiger partial charge in [0.1, 0.15) is 0 Å². The molecule has 0 unspecified atom stereocenters. The van der Waals surface area contributed by atoms with Gasteiger partial charge in [0.15, 0.2) is 0 Å². The fraction of sp³-hybridized carbons (Fsp3) is 0.333. The Morgan fingerprint density at radius 1 is 1.88 bits per heavy atom. The van der Waals surface area contributed by atoms with Crippen LogP contribution < -0.4 is 5.32 Å². The molecule has 0 aliphatic heterocycles. The molecule has 2 heteroatoms. The van der Waals surface area contributed by atoms with Crippen LogP contribution in [0.4, 0.5) is 0 Å². The van der Waals surface area contributed by atoms with Gasteiger partial charge in [-0.05, 0) is 18.5 Å². The van der Waals surface area contributed by atoms with Crippen LogP contribution in [0.5, 0.6) is 0 Å². The molecule has 0 aromatic carbocycles. The molecular formula is C6H11NS. The Bertz CT molecular complexity index is 139. The summed E-state index contributed by atoms with van der Waals surface area (Å²) in [6, 6.07) is 4.19. The number of hydrogen-bond donors (Lipinski definition) is 1. The first-order valence-electron chi connectivity index (χ1n) is 2.60. The molecule has 0 saturated carbocycles. The van der Waals surface area contributed by atoms with E-state index in [0.29, 0.717) is 0 Å². The van der Waals surface area contributed by atoms with Crippen LogP contribution in [0.1, 0.15) is 6.30 Å². The minimum absolute atomic E-state index is 0. The van der Waals surface area contributed by atoms with Crippen molar-refractivity contribution in [3.63, 3.8) is 0 Å². The second kappa shape index (κ2) is 2.84. The van der Waals surface area contributed by atoms with Crippen LogP contribution in [-0.2, 0) is 6.54 Å². The first kappa shape index (κ1) is 5.79. The highest BCUT2D eigenvalue weighted by atomic mass is 32.1. The van der Waals surface area contributed by atoms with Gasteiger partial charge in [-0.1, -0.05) is 6.07 Å². The van der Waals surface area contributed by atoms with Crippen molar-refractivity contribution >= 4 is 11.3 Å². The van der Waals surface area contributed by atoms with E-state index in [-0.39, 0.29) is 1.43 Å². The molecule has 1 heterocycles. The standard InChI is InChI=1S/C6H9NS.H2/c1-7-5-6-3-2-4-8-6;/h2-4,7H,5H2,1H3;1H. The normalized spacial score (nSPS) is 9.62. The minimum atomic E-state index is 0. The zero-order valence-corrected chi connectivity index (χ0v) is 5.66. The molecule has 46 valence electrons. The van der Waals surface area contributed by atoms with E-state index in [1.165, 1.54) is 4.88 Å². The second-order valence-electron chi connectivity index (χ2n) is 1.61. The monoisotopic (exact) mass is 129 g/mol. The lowest BCUT2D eigenvalue weighted by Gasteiger charge is -1.89. The first-order valence-corrected chi connectivity index (χ1v) is 3.48. The summed E-state index contributed by atoms with van der Waals surface area (Å²) in [6.45, 7) is 0.998. The SMILES string of the molecule is CNCc1cccs1.[HH]. The largest absolute Gasteiger partial charge is 0.315 e. The molecule has 1 aromatic heterocycles. The Hall–Kier alpha value is -0.340. The van der Waals surface area contributed by atoms with Crippen molar-refractivity contribution in [1.29, 1.82) is 0 Å². The first-order chi connectivity index (χ1) is 3.93. The van der Waals surface area contributed by atoms with Gasteiger partial charge in [-0.15, -0.1) is 11.3 Å². The molecule has 1 aromatic rings. The smallest absolute Gasteiger partial charge is 0.0296 e. The molecule has 1 N–H and O–H groups in total. The highest BCUT2D eigenvalue weighted by Crippen LogP contribution is 2.06. The van der Waals surface area contributed by atoms with Gasteiger partial charge in [-0.25, -0.2) is 0 Å². The molecule has 0 fully saturated rings. The predicted octanol–water partition coefficient (Wildman–Crippen LogP) is 1.71. The van der Waals surface area contributed by atoms with E-state index in [1.807, 2.05) is 7.05 Å². The number of rotatable bonds is 2. The number of hydrogen-bond acceptors (Lipinski definition) is 2. The molecule has 0 atom stereocenters. The summed E-state index contributed by atoms with van der Waals surface area (Å²) in [4.78, 5) is 1.40. The maximum atomic E-state index is 3.08. The number of nitrogens with one attached hydrogen (secondary N) is 1. The summed E-state index contributed by atoms with van der Waals surface area (Å²) in [6.07, 6.45) is 0. The van der Waals surface area contributed by atoms with Crippen LogP contribution in [0, 0.1) is 0 Å². The fourth-order valence-electron chi connectivity index (χ4n) is 0.587. The maximum absolute atomic E-state index is 3.08. The quantitative estimate of drug-likeness (QED) is 0.641. The van der Waals surface area contributed by atoms with Crippen molar-refractivity contribution in [3.05, 3.63) is 22.4 Å². The average Bonchev–Trinajstić information content (AvgIpc) is 2.19. The number of thiophene rings is 1. The highest BCUT2D eigenvalue weighted by molar-refractivity contribution is 7.09. The van der Waals surface area contributed by atoms with Crippen molar-refractivity contribution in [3.8, 4) is 0 Å². The lowest BCUT2D eigenvalue weighted by atomic mass is 10.5. The van der Waals surface area contributed by atoms with Crippen LogP contribution in [-0.4, -0.2) is 7.05 Å². The maximum Gasteiger partial charge on any atom is 0.0296 e. The Labute approximate surface area is 54.8 Å². The molecule has 0 amide bonds. The van der Waals surface area contributed by atoms with Gasteiger partial charge in [0.05, 0.1) is 0 Å². The highest BCUT2D eigenvalue weighted by Gasteiger charge is 1.86. The van der Waals surface area contributed by atoms with Gasteiger partial charge in [-0.3, -0.25) is 0 Å². The van der Waals surface area contributed by atoms with E-state index in [1.54, 1.807) is 11.3 Å². The van der Waals surface area contributed by atoms with Crippen LogP contribution >= 0.6 is 11.3 Å². The Morgan fingerprint density at radius 2 is 2.75 bits per heavy atom. The zero-order chi connectivity index (χ0) is 5.82. The third-order valence-corrected chi connectivity index (χ3v) is 1.81. The van der Waals surface area contributed by atoms with Crippen LogP contribution in [0.3, 0.4) is 0 Å². The topological polar surface area (TPSA) is 12.0 Å². The summed E-state index contributed by atoms with van der Waals surface area (Å²) >= 11 is 1.78. The molecule has 1 rings (SSSR count). The van der Waals surface area contributed by atoms with Crippen LogP contribution in [0.2, 0.25) is 0 Å². The molecule has 0 spiro atoms. The predicted molar refractivity (Wildman–Crippen MR) is 39.2 cm³/mol. The van der Waals surface area contributed by atoms with E-state index in [2.05, 4.69) is 22.8 Å². The van der Waals surface area contributed by atoms with Crippen molar-refractivity contribution < 1.29 is 1.43 Å². The molecule has 0 aliphatic rings. The van der Waals surface area contributed by atoms with Gasteiger partial charge in [0.25, 0.3) is 0 Å². The minimum Gasteiger partial charge on any atom is -0.315 e. The van der Waals surface area contributed by atoms with E-state index in [9.17, 15) is 0 Å². The Kier molecular flexibility index (Phi) is 2.06. The third-order valence-electron chi connectivity index (χ3n) is 0.931. The second-order valence-corrected chi connectivity index (χ2v) is 2.64. The molecule has 8 heavy (non-hydrogen) atoms. The van der Waals surface area contributed by atoms with E-state index < -0.39 is 0 Å². The molecular weight excluding hydrogens is 118 g/mol. The van der Waals surface area contributed by atoms with E-state index in [0.717, 1.165) is 6.54 Å². The lowest BCUT2D eigenvalue weighted by molar-refractivity contribution is 0.831. The average molecular weight is 129 g/mol. The molecule has 0 bridgehead atoms. The van der Waals surface area contributed by atoms with Gasteiger partial charge in [0.2, 0.25) is 0 Å². The third kappa shape index (κ3) is 1.32. The van der Waals surface area contributed by atoms with Crippen molar-refractivity contribution in [2.45, 2.75) is 6.54 Å². The van der Waals surface area contributed by atoms with Gasteiger partial charge >= 0.3 is 0 Å². The van der Waals surface area contributed by atoms with Gasteiger partial charge in [-0.2, -0.15) is 0 Å². The summed E-state index contributed by atoms with van der Waals surface area (Å²) in [5.74, 6) is 0. The van der Waals surface area contributed by atoms with Gasteiger partial charge in [0, 0.05) is 12.8 Å². The molecule has 0 saturated heterocycles. The molecule has 0 radical (unpaired) electrons. The molecule has 0 aliphatic carbocycles. The molecule has 1 nitrogen and oxygen atoms in total. The lowest BCUT2D eigenvalue weighted by Crippen LogP contribution is -2.02. The van der Waals surface area contributed by atoms with Crippen LogP contribution in [0.15, 0.2) is 17.5 Å².